The fourth-order valence-electron chi connectivity index (χ4n) is 8.04. The molecule has 0 saturated carbocycles. The molecule has 0 radical (unpaired) electrons. The molecule has 3 atom stereocenters. The number of carboxylic acid groups (broad SMARTS) is 2. The lowest BCUT2D eigenvalue weighted by atomic mass is 9.71. The number of aromatic amines is 1. The number of ketones is 5. The molecule has 0 aliphatic carbocycles. The Balaban J connectivity index is 2.41. The van der Waals surface area contributed by atoms with E-state index in [9.17, 15) is 48.6 Å². The van der Waals surface area contributed by atoms with Gasteiger partial charge in [-0.15, -0.1) is 0 Å². The monoisotopic (exact) mass is 915 g/mol. The quantitative estimate of drug-likeness (QED) is 0.0386. The number of hydrogen-bond acceptors (Lipinski definition) is 10. The highest BCUT2D eigenvalue weighted by Crippen LogP contribution is 2.35. The molecule has 0 aliphatic heterocycles. The summed E-state index contributed by atoms with van der Waals surface area (Å²) in [5, 5.41) is 22.3. The van der Waals surface area contributed by atoms with Crippen molar-refractivity contribution in [3.8, 4) is 0 Å². The molecule has 65 heavy (non-hydrogen) atoms. The van der Waals surface area contributed by atoms with Crippen molar-refractivity contribution < 1.29 is 48.6 Å². The lowest BCUT2D eigenvalue weighted by molar-refractivity contribution is -0.145. The molecule has 0 saturated heterocycles. The minimum Gasteiger partial charge on any atom is -0.481 e. The van der Waals surface area contributed by atoms with Crippen molar-refractivity contribution in [3.05, 3.63) is 18.2 Å². The Kier molecular flexibility index (Phi) is 28.1. The third kappa shape index (κ3) is 25.4. The SMILES string of the molecule is CCCCCCCCCCCCCCCC(=O)C[C@@H](CCC(=O)NCCCC[C@H](CC(=O)C(C)(C)CCC(=O)C(C)(C)CC(=O)C(C)(C)CC(=O)[C@@H](N)Cc1cnc[nH]1)C(=O)O)C(=O)O. The van der Waals surface area contributed by atoms with Crippen LogP contribution < -0.4 is 11.1 Å². The average molecular weight is 915 g/mol. The molecule has 370 valence electrons. The van der Waals surface area contributed by atoms with Crippen LogP contribution in [0.1, 0.15) is 215 Å². The highest BCUT2D eigenvalue weighted by molar-refractivity contribution is 5.96. The van der Waals surface area contributed by atoms with Crippen LogP contribution >= 0.6 is 0 Å². The van der Waals surface area contributed by atoms with Crippen molar-refractivity contribution in [1.82, 2.24) is 15.3 Å². The molecule has 6 N–H and O–H groups in total. The number of unbranched alkanes of at least 4 members (excludes halogenated alkanes) is 13. The third-order valence-corrected chi connectivity index (χ3v) is 13.1. The Morgan fingerprint density at radius 1 is 0.631 bits per heavy atom. The van der Waals surface area contributed by atoms with E-state index in [0.717, 1.165) is 25.7 Å². The Morgan fingerprint density at radius 3 is 1.71 bits per heavy atom. The molecule has 14 heteroatoms. The molecule has 0 aliphatic rings. The predicted octanol–water partition coefficient (Wildman–Crippen LogP) is 9.49. The summed E-state index contributed by atoms with van der Waals surface area (Å²) in [6, 6.07) is -0.809. The van der Waals surface area contributed by atoms with Gasteiger partial charge in [0.2, 0.25) is 5.91 Å². The topological polar surface area (TPSA) is 244 Å². The van der Waals surface area contributed by atoms with Crippen molar-refractivity contribution in [2.24, 2.45) is 33.8 Å². The van der Waals surface area contributed by atoms with Gasteiger partial charge >= 0.3 is 11.9 Å². The minimum absolute atomic E-state index is 0.00784. The number of imidazole rings is 1. The second-order valence-electron chi connectivity index (χ2n) is 20.5. The summed E-state index contributed by atoms with van der Waals surface area (Å²) < 4.78 is 0. The standard InChI is InChI=1S/C51H86N4O10/c1-8-9-10-11-12-13-14-15-16-17-18-19-20-24-40(56)30-38(48(64)65)25-26-46(61)54-29-22-21-23-37(47(62)63)31-44(59)49(2,3)28-27-43(58)51(6,7)34-45(60)50(4,5)33-42(57)41(52)32-39-35-53-36-55-39/h35-38,41H,8-34,52H2,1-7H3,(H,53,55)(H,54,61)(H,62,63)(H,64,65)/t37-,38-,41+/m1/s1. The summed E-state index contributed by atoms with van der Waals surface area (Å²) in [7, 11) is 0. The number of nitrogens with two attached hydrogens (primary N) is 1. The van der Waals surface area contributed by atoms with Crippen LogP contribution in [0.25, 0.3) is 0 Å². The van der Waals surface area contributed by atoms with Crippen LogP contribution in [-0.4, -0.2) is 79.5 Å². The van der Waals surface area contributed by atoms with Gasteiger partial charge in [0, 0.05) is 86.0 Å². The lowest BCUT2D eigenvalue weighted by Gasteiger charge is -2.31. The molecule has 0 spiro atoms. The number of aromatic nitrogens is 2. The lowest BCUT2D eigenvalue weighted by Crippen LogP contribution is -2.40. The van der Waals surface area contributed by atoms with Crippen molar-refractivity contribution >= 4 is 46.8 Å². The number of Topliss-reactive ketones (excluding diaryl/α,β-unsaturated/α-hetero) is 5. The predicted molar refractivity (Wildman–Crippen MR) is 253 cm³/mol. The molecular weight excluding hydrogens is 829 g/mol. The number of aliphatic carboxylic acids is 2. The van der Waals surface area contributed by atoms with Crippen LogP contribution in [0.3, 0.4) is 0 Å². The largest absolute Gasteiger partial charge is 0.481 e. The molecule has 1 aromatic rings. The number of hydrogen-bond donors (Lipinski definition) is 5. The van der Waals surface area contributed by atoms with Crippen LogP contribution in [0.2, 0.25) is 0 Å². The van der Waals surface area contributed by atoms with Gasteiger partial charge in [-0.3, -0.25) is 38.4 Å². The number of nitrogens with zero attached hydrogens (tertiary/aromatic N) is 1. The number of carbonyl (C=O) groups excluding carboxylic acids is 6. The van der Waals surface area contributed by atoms with Gasteiger partial charge in [-0.25, -0.2) is 4.98 Å². The molecule has 1 rings (SSSR count). The van der Waals surface area contributed by atoms with E-state index in [1.807, 2.05) is 0 Å². The summed E-state index contributed by atoms with van der Waals surface area (Å²) >= 11 is 0. The van der Waals surface area contributed by atoms with Gasteiger partial charge in [-0.1, -0.05) is 132 Å². The zero-order chi connectivity index (χ0) is 49.1. The van der Waals surface area contributed by atoms with E-state index < -0.39 is 46.1 Å². The summed E-state index contributed by atoms with van der Waals surface area (Å²) in [4.78, 5) is 109. The highest BCUT2D eigenvalue weighted by Gasteiger charge is 2.39. The molecule has 0 fully saturated rings. The van der Waals surface area contributed by atoms with Crippen LogP contribution in [0.5, 0.6) is 0 Å². The van der Waals surface area contributed by atoms with E-state index in [1.165, 1.54) is 64.1 Å². The van der Waals surface area contributed by atoms with E-state index in [4.69, 9.17) is 5.73 Å². The molecule has 1 aromatic heterocycles. The molecule has 14 nitrogen and oxygen atoms in total. The first-order valence-electron chi connectivity index (χ1n) is 24.6. The molecule has 0 bridgehead atoms. The number of nitrogens with one attached hydrogen (secondary N) is 2. The third-order valence-electron chi connectivity index (χ3n) is 13.1. The number of carboxylic acids is 2. The second kappa shape index (κ2) is 31.0. The second-order valence-corrected chi connectivity index (χ2v) is 20.5. The summed E-state index contributed by atoms with van der Waals surface area (Å²) in [5.74, 6) is -5.53. The maximum atomic E-state index is 13.4. The fraction of sp³-hybridized carbons (Fsp3) is 0.784. The average Bonchev–Trinajstić information content (AvgIpc) is 3.75. The van der Waals surface area contributed by atoms with Crippen LogP contribution in [0.4, 0.5) is 0 Å². The van der Waals surface area contributed by atoms with Crippen molar-refractivity contribution in [1.29, 1.82) is 0 Å². The Hall–Kier alpha value is -4.07. The van der Waals surface area contributed by atoms with Gasteiger partial charge in [-0.05, 0) is 32.1 Å². The summed E-state index contributed by atoms with van der Waals surface area (Å²) in [5.41, 5.74) is 3.70. The van der Waals surface area contributed by atoms with Gasteiger partial charge in [0.25, 0.3) is 0 Å². The Morgan fingerprint density at radius 2 is 1.17 bits per heavy atom. The van der Waals surface area contributed by atoms with Gasteiger partial charge in [0.05, 0.1) is 24.2 Å². The first-order valence-corrected chi connectivity index (χ1v) is 24.6. The van der Waals surface area contributed by atoms with Gasteiger partial charge < -0.3 is 26.2 Å². The van der Waals surface area contributed by atoms with E-state index in [-0.39, 0.29) is 106 Å². The van der Waals surface area contributed by atoms with Crippen molar-refractivity contribution in [2.45, 2.75) is 221 Å². The first-order chi connectivity index (χ1) is 30.5. The fourth-order valence-corrected chi connectivity index (χ4v) is 8.04. The van der Waals surface area contributed by atoms with Crippen LogP contribution in [-0.2, 0) is 44.8 Å². The van der Waals surface area contributed by atoms with E-state index in [2.05, 4.69) is 22.2 Å². The first kappa shape index (κ1) is 58.9. The Labute approximate surface area is 389 Å². The van der Waals surface area contributed by atoms with Crippen molar-refractivity contribution in [2.75, 3.05) is 6.54 Å². The van der Waals surface area contributed by atoms with Gasteiger partial charge in [0.15, 0.2) is 5.78 Å². The van der Waals surface area contributed by atoms with Gasteiger partial charge in [0.1, 0.15) is 23.1 Å². The van der Waals surface area contributed by atoms with E-state index >= 15 is 0 Å². The number of amides is 1. The van der Waals surface area contributed by atoms with E-state index in [1.54, 1.807) is 47.7 Å². The molecule has 0 unspecified atom stereocenters. The zero-order valence-electron chi connectivity index (χ0n) is 41.2. The molecule has 0 aromatic carbocycles. The summed E-state index contributed by atoms with van der Waals surface area (Å²) in [6.07, 6.45) is 20.1. The molecular formula is C51H86N4O10. The zero-order valence-corrected chi connectivity index (χ0v) is 41.2. The normalized spacial score (nSPS) is 13.5. The van der Waals surface area contributed by atoms with Crippen LogP contribution in [0, 0.1) is 28.1 Å². The molecule has 1 heterocycles. The maximum absolute atomic E-state index is 13.4. The number of carbonyl (C=O) groups is 8. The number of rotatable bonds is 41. The Bertz CT molecular complexity index is 1630. The smallest absolute Gasteiger partial charge is 0.306 e. The summed E-state index contributed by atoms with van der Waals surface area (Å²) in [6.45, 7) is 12.5. The maximum Gasteiger partial charge on any atom is 0.306 e. The van der Waals surface area contributed by atoms with Crippen molar-refractivity contribution in [3.63, 3.8) is 0 Å². The van der Waals surface area contributed by atoms with Gasteiger partial charge in [-0.2, -0.15) is 0 Å². The highest BCUT2D eigenvalue weighted by atomic mass is 16.4. The molecule has 1 amide bonds. The van der Waals surface area contributed by atoms with Crippen LogP contribution in [0.15, 0.2) is 12.5 Å². The number of H-pyrrole nitrogens is 1. The minimum atomic E-state index is -1.11. The van der Waals surface area contributed by atoms with E-state index in [0.29, 0.717) is 25.0 Å².